The third kappa shape index (κ3) is 2.17. The van der Waals surface area contributed by atoms with Gasteiger partial charge in [-0.05, 0) is 13.0 Å². The summed E-state index contributed by atoms with van der Waals surface area (Å²) in [5.41, 5.74) is 0. The second-order valence-electron chi connectivity index (χ2n) is 2.84. The van der Waals surface area contributed by atoms with Crippen molar-refractivity contribution in [3.05, 3.63) is 0 Å². The first-order valence-electron chi connectivity index (χ1n) is 3.85. The van der Waals surface area contributed by atoms with Crippen molar-refractivity contribution in [2.24, 2.45) is 0 Å². The summed E-state index contributed by atoms with van der Waals surface area (Å²) in [7, 11) is 0. The lowest BCUT2D eigenvalue weighted by atomic mass is 10.1. The lowest BCUT2D eigenvalue weighted by molar-refractivity contribution is -0.119. The minimum atomic E-state index is -0.0304. The zero-order chi connectivity index (χ0) is 8.27. The molecule has 1 amide bonds. The first kappa shape index (κ1) is 8.49. The van der Waals surface area contributed by atoms with Gasteiger partial charge in [0.05, 0.1) is 12.6 Å². The summed E-state index contributed by atoms with van der Waals surface area (Å²) >= 11 is 0. The Labute approximate surface area is 66.0 Å². The molecular formula is C7H14N2O2. The number of carbonyl (C=O) groups is 1. The molecule has 1 saturated heterocycles. The van der Waals surface area contributed by atoms with Crippen LogP contribution in [-0.2, 0) is 4.79 Å². The highest BCUT2D eigenvalue weighted by atomic mass is 16.3. The van der Waals surface area contributed by atoms with Crippen molar-refractivity contribution in [2.45, 2.75) is 25.4 Å². The summed E-state index contributed by atoms with van der Waals surface area (Å²) in [5, 5.41) is 14.7. The molecule has 0 saturated carbocycles. The molecular weight excluding hydrogens is 144 g/mol. The molecule has 1 fully saturated rings. The van der Waals surface area contributed by atoms with E-state index in [1.165, 1.54) is 6.92 Å². The molecule has 2 atom stereocenters. The van der Waals surface area contributed by atoms with E-state index in [4.69, 9.17) is 5.11 Å². The SMILES string of the molecule is CC(=O)N[C@@H]1CCN[C@@H]1CO. The van der Waals surface area contributed by atoms with E-state index in [2.05, 4.69) is 10.6 Å². The van der Waals surface area contributed by atoms with Gasteiger partial charge in [0.25, 0.3) is 0 Å². The molecule has 0 bridgehead atoms. The van der Waals surface area contributed by atoms with Gasteiger partial charge < -0.3 is 15.7 Å². The molecule has 0 spiro atoms. The molecule has 0 aromatic rings. The molecule has 3 N–H and O–H groups in total. The maximum absolute atomic E-state index is 10.6. The van der Waals surface area contributed by atoms with Crippen molar-refractivity contribution < 1.29 is 9.90 Å². The van der Waals surface area contributed by atoms with Crippen LogP contribution in [-0.4, -0.2) is 36.2 Å². The van der Waals surface area contributed by atoms with Gasteiger partial charge in [-0.1, -0.05) is 0 Å². The number of aliphatic hydroxyl groups excluding tert-OH is 1. The summed E-state index contributed by atoms with van der Waals surface area (Å²) in [6.45, 7) is 2.45. The quantitative estimate of drug-likeness (QED) is 0.475. The second-order valence-corrected chi connectivity index (χ2v) is 2.84. The maximum atomic E-state index is 10.6. The summed E-state index contributed by atoms with van der Waals surface area (Å²) in [5.74, 6) is -0.0304. The van der Waals surface area contributed by atoms with E-state index < -0.39 is 0 Å². The number of amides is 1. The molecule has 11 heavy (non-hydrogen) atoms. The predicted octanol–water partition coefficient (Wildman–Crippen LogP) is -1.15. The Kier molecular flexibility index (Phi) is 2.84. The molecule has 0 aromatic carbocycles. The van der Waals surface area contributed by atoms with Crippen molar-refractivity contribution in [3.8, 4) is 0 Å². The fourth-order valence-electron chi connectivity index (χ4n) is 1.39. The van der Waals surface area contributed by atoms with Crippen LogP contribution in [0.3, 0.4) is 0 Å². The largest absolute Gasteiger partial charge is 0.395 e. The Morgan fingerprint density at radius 3 is 3.09 bits per heavy atom. The molecule has 0 aliphatic carbocycles. The van der Waals surface area contributed by atoms with Gasteiger partial charge in [0.2, 0.25) is 5.91 Å². The molecule has 1 aliphatic heterocycles. The van der Waals surface area contributed by atoms with Gasteiger partial charge in [0.15, 0.2) is 0 Å². The number of aliphatic hydroxyl groups is 1. The number of hydrogen-bond acceptors (Lipinski definition) is 3. The van der Waals surface area contributed by atoms with Crippen molar-refractivity contribution >= 4 is 5.91 Å². The Balaban J connectivity index is 2.37. The van der Waals surface area contributed by atoms with Crippen LogP contribution in [0, 0.1) is 0 Å². The first-order valence-corrected chi connectivity index (χ1v) is 3.85. The van der Waals surface area contributed by atoms with Crippen molar-refractivity contribution in [1.82, 2.24) is 10.6 Å². The lowest BCUT2D eigenvalue weighted by Gasteiger charge is -2.17. The number of carbonyl (C=O) groups excluding carboxylic acids is 1. The zero-order valence-corrected chi connectivity index (χ0v) is 6.63. The second kappa shape index (κ2) is 3.69. The summed E-state index contributed by atoms with van der Waals surface area (Å²) < 4.78 is 0. The molecule has 1 heterocycles. The predicted molar refractivity (Wildman–Crippen MR) is 41.1 cm³/mol. The first-order chi connectivity index (χ1) is 5.24. The van der Waals surface area contributed by atoms with Crippen molar-refractivity contribution in [1.29, 1.82) is 0 Å². The van der Waals surface area contributed by atoms with Gasteiger partial charge in [-0.25, -0.2) is 0 Å². The Bertz CT molecular complexity index is 149. The fraction of sp³-hybridized carbons (Fsp3) is 0.857. The molecule has 0 radical (unpaired) electrons. The van der Waals surface area contributed by atoms with Crippen LogP contribution < -0.4 is 10.6 Å². The third-order valence-corrected chi connectivity index (χ3v) is 1.93. The normalized spacial score (nSPS) is 30.4. The summed E-state index contributed by atoms with van der Waals surface area (Å²) in [4.78, 5) is 10.6. The molecule has 4 heteroatoms. The highest BCUT2D eigenvalue weighted by molar-refractivity contribution is 5.73. The Morgan fingerprint density at radius 2 is 2.55 bits per heavy atom. The zero-order valence-electron chi connectivity index (χ0n) is 6.63. The molecule has 4 nitrogen and oxygen atoms in total. The van der Waals surface area contributed by atoms with Gasteiger partial charge in [0.1, 0.15) is 0 Å². The van der Waals surface area contributed by atoms with Crippen LogP contribution in [0.1, 0.15) is 13.3 Å². The van der Waals surface area contributed by atoms with Crippen LogP contribution in [0.4, 0.5) is 0 Å². The molecule has 1 rings (SSSR count). The fourth-order valence-corrected chi connectivity index (χ4v) is 1.39. The van der Waals surface area contributed by atoms with E-state index >= 15 is 0 Å². The number of hydrogen-bond donors (Lipinski definition) is 3. The smallest absolute Gasteiger partial charge is 0.217 e. The molecule has 64 valence electrons. The lowest BCUT2D eigenvalue weighted by Crippen LogP contribution is -2.44. The minimum absolute atomic E-state index is 0.0304. The van der Waals surface area contributed by atoms with E-state index in [0.29, 0.717) is 0 Å². The van der Waals surface area contributed by atoms with E-state index in [-0.39, 0.29) is 24.6 Å². The standard InChI is InChI=1S/C7H14N2O2/c1-5(11)9-6-2-3-8-7(6)4-10/h6-8,10H,2-4H2,1H3,(H,9,11)/t6-,7-/m1/s1. The van der Waals surface area contributed by atoms with Crippen LogP contribution in [0.15, 0.2) is 0 Å². The van der Waals surface area contributed by atoms with E-state index in [0.717, 1.165) is 13.0 Å². The van der Waals surface area contributed by atoms with Crippen LogP contribution in [0.25, 0.3) is 0 Å². The van der Waals surface area contributed by atoms with Gasteiger partial charge in [-0.2, -0.15) is 0 Å². The molecule has 0 unspecified atom stereocenters. The average Bonchev–Trinajstić information content (AvgIpc) is 2.34. The van der Waals surface area contributed by atoms with E-state index in [1.54, 1.807) is 0 Å². The number of nitrogens with one attached hydrogen (secondary N) is 2. The highest BCUT2D eigenvalue weighted by Gasteiger charge is 2.26. The van der Waals surface area contributed by atoms with Crippen LogP contribution >= 0.6 is 0 Å². The van der Waals surface area contributed by atoms with Gasteiger partial charge in [0, 0.05) is 13.0 Å². The summed E-state index contributed by atoms with van der Waals surface area (Å²) in [6.07, 6.45) is 0.908. The Hall–Kier alpha value is -0.610. The highest BCUT2D eigenvalue weighted by Crippen LogP contribution is 2.05. The topological polar surface area (TPSA) is 61.4 Å². The average molecular weight is 158 g/mol. The van der Waals surface area contributed by atoms with Gasteiger partial charge in [-0.3, -0.25) is 4.79 Å². The minimum Gasteiger partial charge on any atom is -0.395 e. The van der Waals surface area contributed by atoms with E-state index in [1.807, 2.05) is 0 Å². The third-order valence-electron chi connectivity index (χ3n) is 1.93. The van der Waals surface area contributed by atoms with E-state index in [9.17, 15) is 4.79 Å². The number of rotatable bonds is 2. The summed E-state index contributed by atoms with van der Waals surface area (Å²) in [6, 6.07) is 0.149. The monoisotopic (exact) mass is 158 g/mol. The molecule has 0 aromatic heterocycles. The molecule has 1 aliphatic rings. The van der Waals surface area contributed by atoms with Gasteiger partial charge >= 0.3 is 0 Å². The van der Waals surface area contributed by atoms with Crippen molar-refractivity contribution in [3.63, 3.8) is 0 Å². The van der Waals surface area contributed by atoms with Gasteiger partial charge in [-0.15, -0.1) is 0 Å². The van der Waals surface area contributed by atoms with Crippen LogP contribution in [0.5, 0.6) is 0 Å². The maximum Gasteiger partial charge on any atom is 0.217 e. The Morgan fingerprint density at radius 1 is 1.82 bits per heavy atom. The van der Waals surface area contributed by atoms with Crippen molar-refractivity contribution in [2.75, 3.05) is 13.2 Å². The van der Waals surface area contributed by atoms with Crippen LogP contribution in [0.2, 0.25) is 0 Å².